The Morgan fingerprint density at radius 2 is 1.94 bits per heavy atom. The number of benzene rings is 1. The third kappa shape index (κ3) is 6.09. The molecule has 0 aliphatic carbocycles. The number of nitrogens with zero attached hydrogens (tertiary/aromatic N) is 4. The van der Waals surface area contributed by atoms with Crippen molar-refractivity contribution in [2.24, 2.45) is 0 Å². The fourth-order valence-electron chi connectivity index (χ4n) is 3.90. The molecule has 1 aliphatic rings. The van der Waals surface area contributed by atoms with Gasteiger partial charge in [0, 0.05) is 33.4 Å². The van der Waals surface area contributed by atoms with Gasteiger partial charge in [0.2, 0.25) is 5.95 Å². The molecule has 0 unspecified atom stereocenters. The van der Waals surface area contributed by atoms with Crippen LogP contribution in [0.15, 0.2) is 36.5 Å². The van der Waals surface area contributed by atoms with Crippen LogP contribution in [-0.4, -0.2) is 45.4 Å². The molecule has 1 aliphatic heterocycles. The highest BCUT2D eigenvalue weighted by atomic mass is 35.5. The van der Waals surface area contributed by atoms with Crippen LogP contribution in [0.5, 0.6) is 0 Å². The average Bonchev–Trinajstić information content (AvgIpc) is 3.40. The number of amides is 1. The minimum Gasteiger partial charge on any atom is -0.447 e. The van der Waals surface area contributed by atoms with Gasteiger partial charge in [-0.2, -0.15) is 4.98 Å². The van der Waals surface area contributed by atoms with Crippen LogP contribution >= 0.6 is 22.9 Å². The molecule has 1 aromatic carbocycles. The maximum atomic E-state index is 12.6. The maximum absolute atomic E-state index is 12.6. The maximum Gasteiger partial charge on any atom is 0.416 e. The fourth-order valence-corrected chi connectivity index (χ4v) is 4.95. The first-order valence-corrected chi connectivity index (χ1v) is 12.7. The lowest BCUT2D eigenvalue weighted by molar-refractivity contribution is -0.0618. The molecule has 0 saturated carbocycles. The average molecular weight is 516 g/mol. The zero-order valence-electron chi connectivity index (χ0n) is 20.7. The highest BCUT2D eigenvalue weighted by molar-refractivity contribution is 7.15. The molecule has 0 spiro atoms. The first kappa shape index (κ1) is 25.3. The van der Waals surface area contributed by atoms with Gasteiger partial charge in [-0.15, -0.1) is 11.3 Å². The minimum absolute atomic E-state index is 0.0901. The number of nitrogens with one attached hydrogen (secondary N) is 1. The summed E-state index contributed by atoms with van der Waals surface area (Å²) < 4.78 is 11.5. The van der Waals surface area contributed by atoms with E-state index in [4.69, 9.17) is 21.1 Å². The van der Waals surface area contributed by atoms with E-state index in [9.17, 15) is 4.79 Å². The lowest BCUT2D eigenvalue weighted by Gasteiger charge is -2.31. The molecule has 8 nitrogen and oxygen atoms in total. The number of cyclic esters (lactones) is 1. The summed E-state index contributed by atoms with van der Waals surface area (Å²) in [6.07, 6.45) is 1.17. The minimum atomic E-state index is -0.438. The van der Waals surface area contributed by atoms with Gasteiger partial charge in [-0.1, -0.05) is 23.7 Å². The Morgan fingerprint density at radius 1 is 1.23 bits per heavy atom. The highest BCUT2D eigenvalue weighted by Gasteiger charge is 2.40. The summed E-state index contributed by atoms with van der Waals surface area (Å²) in [6.45, 7) is 12.0. The predicted octanol–water partition coefficient (Wildman–Crippen LogP) is 6.26. The largest absolute Gasteiger partial charge is 0.447 e. The molecule has 2 aromatic heterocycles. The van der Waals surface area contributed by atoms with Crippen molar-refractivity contribution in [1.29, 1.82) is 0 Å². The SMILES string of the molecule is Cc1cc(N2C(=O)OC[C@@H]2[C@@H](C)OC(C)(C)C)nc(N[C@@H](C)c2cnc(-c3ccc(Cl)cc3)s2)n1. The van der Waals surface area contributed by atoms with Crippen LogP contribution in [-0.2, 0) is 9.47 Å². The number of halogens is 1. The van der Waals surface area contributed by atoms with E-state index in [2.05, 4.69) is 20.3 Å². The van der Waals surface area contributed by atoms with Gasteiger partial charge < -0.3 is 14.8 Å². The molecule has 3 atom stereocenters. The highest BCUT2D eigenvalue weighted by Crippen LogP contribution is 2.32. The van der Waals surface area contributed by atoms with Gasteiger partial charge in [-0.3, -0.25) is 4.90 Å². The summed E-state index contributed by atoms with van der Waals surface area (Å²) in [4.78, 5) is 29.0. The van der Waals surface area contributed by atoms with Crippen LogP contribution in [0, 0.1) is 6.92 Å². The first-order valence-electron chi connectivity index (χ1n) is 11.5. The molecule has 1 fully saturated rings. The van der Waals surface area contributed by atoms with Crippen LogP contribution in [0.2, 0.25) is 5.02 Å². The van der Waals surface area contributed by atoms with Gasteiger partial charge >= 0.3 is 6.09 Å². The third-order valence-corrected chi connectivity index (χ3v) is 6.94. The standard InChI is InChI=1S/C25H30ClN5O3S/c1-14-11-21(31-19(13-33-24(31)32)16(3)34-25(4,5)6)30-23(28-14)29-15(2)20-12-27-22(35-20)17-7-9-18(26)10-8-17/h7-12,15-16,19H,13H2,1-6H3,(H,28,29,30)/t15-,16+,19+/m0/s1. The molecule has 1 N–H and O–H groups in total. The monoisotopic (exact) mass is 515 g/mol. The first-order chi connectivity index (χ1) is 16.5. The molecular weight excluding hydrogens is 486 g/mol. The van der Waals surface area contributed by atoms with E-state index in [0.29, 0.717) is 16.8 Å². The van der Waals surface area contributed by atoms with Crippen molar-refractivity contribution in [2.75, 3.05) is 16.8 Å². The van der Waals surface area contributed by atoms with Gasteiger partial charge in [-0.05, 0) is 53.7 Å². The van der Waals surface area contributed by atoms with Gasteiger partial charge in [0.05, 0.1) is 17.7 Å². The van der Waals surface area contributed by atoms with E-state index in [0.717, 1.165) is 21.1 Å². The van der Waals surface area contributed by atoms with E-state index in [1.165, 1.54) is 0 Å². The van der Waals surface area contributed by atoms with E-state index < -0.39 is 6.09 Å². The van der Waals surface area contributed by atoms with Crippen LogP contribution in [0.25, 0.3) is 10.6 Å². The Balaban J connectivity index is 1.53. The second kappa shape index (κ2) is 10.1. The van der Waals surface area contributed by atoms with Crippen LogP contribution in [0.1, 0.15) is 51.2 Å². The molecule has 35 heavy (non-hydrogen) atoms. The predicted molar refractivity (Wildman–Crippen MR) is 139 cm³/mol. The second-order valence-corrected chi connectivity index (χ2v) is 11.1. The quantitative estimate of drug-likeness (QED) is 0.397. The Bertz CT molecular complexity index is 1190. The van der Waals surface area contributed by atoms with E-state index in [1.54, 1.807) is 22.3 Å². The molecule has 186 valence electrons. The molecule has 1 amide bonds. The normalized spacial score (nSPS) is 17.9. The van der Waals surface area contributed by atoms with Crippen molar-refractivity contribution >= 4 is 40.8 Å². The van der Waals surface area contributed by atoms with Gasteiger partial charge in [0.25, 0.3) is 0 Å². The molecule has 0 radical (unpaired) electrons. The van der Waals surface area contributed by atoms with Crippen molar-refractivity contribution in [3.63, 3.8) is 0 Å². The zero-order chi connectivity index (χ0) is 25.3. The Labute approximate surface area is 214 Å². The van der Waals surface area contributed by atoms with Crippen molar-refractivity contribution in [2.45, 2.75) is 65.3 Å². The van der Waals surface area contributed by atoms with E-state index in [-0.39, 0.29) is 30.4 Å². The Hall–Kier alpha value is -2.75. The smallest absolute Gasteiger partial charge is 0.416 e. The third-order valence-electron chi connectivity index (χ3n) is 5.46. The summed E-state index contributed by atoms with van der Waals surface area (Å²) in [6, 6.07) is 9.02. The molecule has 4 rings (SSSR count). The van der Waals surface area contributed by atoms with Gasteiger partial charge in [0.1, 0.15) is 23.5 Å². The van der Waals surface area contributed by atoms with E-state index in [1.807, 2.05) is 72.0 Å². The number of thiazole rings is 1. The zero-order valence-corrected chi connectivity index (χ0v) is 22.3. The summed E-state index contributed by atoms with van der Waals surface area (Å²) in [5.41, 5.74) is 1.40. The van der Waals surface area contributed by atoms with Crippen molar-refractivity contribution in [3.05, 3.63) is 52.1 Å². The Kier molecular flexibility index (Phi) is 7.30. The second-order valence-electron chi connectivity index (χ2n) is 9.58. The summed E-state index contributed by atoms with van der Waals surface area (Å²) in [7, 11) is 0. The van der Waals surface area contributed by atoms with Gasteiger partial charge in [0.15, 0.2) is 0 Å². The number of carbonyl (C=O) groups is 1. The number of aryl methyl sites for hydroxylation is 1. The number of anilines is 2. The number of carbonyl (C=O) groups excluding carboxylic acids is 1. The van der Waals surface area contributed by atoms with Crippen molar-refractivity contribution in [1.82, 2.24) is 15.0 Å². The number of rotatable bonds is 7. The molecule has 0 bridgehead atoms. The molecule has 10 heteroatoms. The lowest BCUT2D eigenvalue weighted by Crippen LogP contribution is -2.45. The number of ether oxygens (including phenoxy) is 2. The molecule has 1 saturated heterocycles. The Morgan fingerprint density at radius 3 is 2.63 bits per heavy atom. The van der Waals surface area contributed by atoms with Crippen molar-refractivity contribution in [3.8, 4) is 10.6 Å². The van der Waals surface area contributed by atoms with E-state index >= 15 is 0 Å². The summed E-state index contributed by atoms with van der Waals surface area (Å²) in [5.74, 6) is 0.909. The van der Waals surface area contributed by atoms with Gasteiger partial charge in [-0.25, -0.2) is 14.8 Å². The van der Waals surface area contributed by atoms with Crippen LogP contribution in [0.4, 0.5) is 16.6 Å². The number of hydrogen-bond donors (Lipinski definition) is 1. The van der Waals surface area contributed by atoms with Crippen LogP contribution in [0.3, 0.4) is 0 Å². The molecule has 3 heterocycles. The summed E-state index contributed by atoms with van der Waals surface area (Å²) >= 11 is 7.59. The number of hydrogen-bond acceptors (Lipinski definition) is 8. The fraction of sp³-hybridized carbons (Fsp3) is 0.440. The van der Waals surface area contributed by atoms with Crippen molar-refractivity contribution < 1.29 is 14.3 Å². The molecular formula is C25H30ClN5O3S. The molecule has 3 aromatic rings. The van der Waals surface area contributed by atoms with Crippen LogP contribution < -0.4 is 10.2 Å². The topological polar surface area (TPSA) is 89.5 Å². The lowest BCUT2D eigenvalue weighted by atomic mass is 10.1. The number of aromatic nitrogens is 3. The summed E-state index contributed by atoms with van der Waals surface area (Å²) in [5, 5.41) is 4.95.